The molecule has 1 aliphatic heterocycles. The molecule has 0 fully saturated rings. The molecule has 1 amide bonds. The Labute approximate surface area is 152 Å². The smallest absolute Gasteiger partial charge is 0.417 e. The maximum absolute atomic E-state index is 14.2. The number of oxazole rings is 1. The number of rotatable bonds is 4. The number of hydrogen-bond acceptors (Lipinski definition) is 7. The average molecular weight is 368 g/mol. The summed E-state index contributed by atoms with van der Waals surface area (Å²) in [6.45, 7) is 3.79. The molecule has 1 aromatic carbocycles. The summed E-state index contributed by atoms with van der Waals surface area (Å²) < 4.78 is 29.8. The van der Waals surface area contributed by atoms with Gasteiger partial charge in [0.1, 0.15) is 12.0 Å². The topological polar surface area (TPSA) is 104 Å². The molecule has 2 aromatic heterocycles. The lowest BCUT2D eigenvalue weighted by Gasteiger charge is -2.29. The van der Waals surface area contributed by atoms with Gasteiger partial charge >= 0.3 is 12.2 Å². The number of ether oxygens (including phenoxy) is 2. The molecular weight excluding hydrogens is 355 g/mol. The third-order valence-corrected chi connectivity index (χ3v) is 3.90. The Bertz CT molecular complexity index is 1040. The van der Waals surface area contributed by atoms with E-state index >= 15 is 0 Å². The van der Waals surface area contributed by atoms with Crippen molar-refractivity contribution in [1.29, 1.82) is 0 Å². The molecule has 136 valence electrons. The quantitative estimate of drug-likeness (QED) is 0.702. The van der Waals surface area contributed by atoms with E-state index in [4.69, 9.17) is 19.6 Å². The zero-order valence-corrected chi connectivity index (χ0v) is 13.9. The van der Waals surface area contributed by atoms with Gasteiger partial charge in [-0.15, -0.1) is 0 Å². The predicted molar refractivity (Wildman–Crippen MR) is 92.2 cm³/mol. The third kappa shape index (κ3) is 3.06. The van der Waals surface area contributed by atoms with Crippen LogP contribution in [0.2, 0.25) is 0 Å². The Morgan fingerprint density at radius 3 is 2.96 bits per heavy atom. The van der Waals surface area contributed by atoms with Gasteiger partial charge in [0, 0.05) is 11.6 Å². The van der Waals surface area contributed by atoms with Gasteiger partial charge in [0.05, 0.1) is 30.3 Å². The van der Waals surface area contributed by atoms with Gasteiger partial charge in [-0.3, -0.25) is 4.90 Å². The third-order valence-electron chi connectivity index (χ3n) is 3.90. The number of aromatic nitrogens is 2. The highest BCUT2D eigenvalue weighted by Gasteiger charge is 2.31. The first-order chi connectivity index (χ1) is 13.0. The van der Waals surface area contributed by atoms with Crippen LogP contribution in [0.5, 0.6) is 17.6 Å². The number of benzene rings is 1. The van der Waals surface area contributed by atoms with Crippen molar-refractivity contribution in [3.8, 4) is 17.6 Å². The van der Waals surface area contributed by atoms with E-state index < -0.39 is 11.9 Å². The number of amides is 1. The number of nitrogens with two attached hydrogens (primary N) is 1. The first kappa shape index (κ1) is 16.6. The minimum atomic E-state index is -0.718. The number of nitrogen functional groups attached to an aromatic ring is 1. The van der Waals surface area contributed by atoms with Gasteiger partial charge in [-0.2, -0.15) is 4.98 Å². The zero-order chi connectivity index (χ0) is 19.0. The highest BCUT2D eigenvalue weighted by atomic mass is 19.1. The van der Waals surface area contributed by atoms with Gasteiger partial charge in [-0.25, -0.2) is 14.2 Å². The standard InChI is InChI=1S/C18H13FN4O4/c1-10-16-14(7-12(8-22-16)26-17-21-5-6-25-17)27-18(24)23(10)9-11-3-2-4-13(20)15(11)19/h2-8H,1,9,20H2. The average Bonchev–Trinajstić information content (AvgIpc) is 3.15. The number of nitrogens with zero attached hydrogens (tertiary/aromatic N) is 3. The van der Waals surface area contributed by atoms with Crippen molar-refractivity contribution in [1.82, 2.24) is 14.9 Å². The number of fused-ring (bicyclic) bond motifs is 1. The lowest BCUT2D eigenvalue weighted by atomic mass is 10.1. The largest absolute Gasteiger partial charge is 0.420 e. The summed E-state index contributed by atoms with van der Waals surface area (Å²) in [7, 11) is 0. The molecule has 2 N–H and O–H groups in total. The van der Waals surface area contributed by atoms with E-state index in [0.29, 0.717) is 5.69 Å². The molecule has 3 heterocycles. The van der Waals surface area contributed by atoms with Gasteiger partial charge in [0.25, 0.3) is 0 Å². The van der Waals surface area contributed by atoms with Crippen molar-refractivity contribution in [3.63, 3.8) is 0 Å². The van der Waals surface area contributed by atoms with Gasteiger partial charge in [0.2, 0.25) is 0 Å². The van der Waals surface area contributed by atoms with Crippen molar-refractivity contribution in [2.24, 2.45) is 0 Å². The Hall–Kier alpha value is -3.88. The summed E-state index contributed by atoms with van der Waals surface area (Å²) in [6, 6.07) is 6.04. The highest BCUT2D eigenvalue weighted by molar-refractivity contribution is 5.87. The second-order valence-corrected chi connectivity index (χ2v) is 5.64. The van der Waals surface area contributed by atoms with E-state index in [2.05, 4.69) is 16.5 Å². The van der Waals surface area contributed by atoms with Crippen molar-refractivity contribution in [3.05, 3.63) is 66.6 Å². The van der Waals surface area contributed by atoms with E-state index in [0.717, 1.165) is 0 Å². The molecule has 4 rings (SSSR count). The summed E-state index contributed by atoms with van der Waals surface area (Å²) >= 11 is 0. The fourth-order valence-corrected chi connectivity index (χ4v) is 2.58. The van der Waals surface area contributed by atoms with E-state index in [-0.39, 0.29) is 41.1 Å². The van der Waals surface area contributed by atoms with Crippen LogP contribution in [0.4, 0.5) is 14.9 Å². The molecule has 3 aromatic rings. The molecule has 0 spiro atoms. The van der Waals surface area contributed by atoms with Crippen LogP contribution in [0.25, 0.3) is 5.70 Å². The van der Waals surface area contributed by atoms with E-state index in [1.807, 2.05) is 0 Å². The minimum absolute atomic E-state index is 0.00431. The van der Waals surface area contributed by atoms with E-state index in [1.54, 1.807) is 6.07 Å². The first-order valence-electron chi connectivity index (χ1n) is 7.82. The van der Waals surface area contributed by atoms with Crippen molar-refractivity contribution in [2.45, 2.75) is 6.54 Å². The zero-order valence-electron chi connectivity index (χ0n) is 13.9. The van der Waals surface area contributed by atoms with Crippen molar-refractivity contribution < 1.29 is 23.1 Å². The molecule has 0 bridgehead atoms. The van der Waals surface area contributed by atoms with Crippen molar-refractivity contribution in [2.75, 3.05) is 5.73 Å². The number of halogens is 1. The monoisotopic (exact) mass is 368 g/mol. The van der Waals surface area contributed by atoms with Crippen LogP contribution in [0, 0.1) is 5.82 Å². The maximum Gasteiger partial charge on any atom is 0.420 e. The van der Waals surface area contributed by atoms with Gasteiger partial charge in [-0.05, 0) is 6.07 Å². The summed E-state index contributed by atoms with van der Waals surface area (Å²) in [6.07, 6.45) is 3.50. The number of pyridine rings is 1. The summed E-state index contributed by atoms with van der Waals surface area (Å²) in [5.74, 6) is -0.156. The molecule has 0 aliphatic carbocycles. The number of anilines is 1. The van der Waals surface area contributed by atoms with Crippen molar-refractivity contribution >= 4 is 17.5 Å². The minimum Gasteiger partial charge on any atom is -0.417 e. The molecule has 8 nitrogen and oxygen atoms in total. The summed E-state index contributed by atoms with van der Waals surface area (Å²) in [5.41, 5.74) is 6.41. The van der Waals surface area contributed by atoms with E-state index in [9.17, 15) is 9.18 Å². The SMILES string of the molecule is C=C1c2ncc(Oc3ncco3)cc2OC(=O)N1Cc1cccc(N)c1F. The molecule has 0 saturated carbocycles. The molecule has 0 radical (unpaired) electrons. The fraction of sp³-hybridized carbons (Fsp3) is 0.0556. The normalized spacial score (nSPS) is 13.3. The van der Waals surface area contributed by atoms with Crippen LogP contribution in [-0.4, -0.2) is 21.0 Å². The Balaban J connectivity index is 1.60. The van der Waals surface area contributed by atoms with Crippen LogP contribution >= 0.6 is 0 Å². The van der Waals surface area contributed by atoms with Gasteiger partial charge < -0.3 is 19.6 Å². The predicted octanol–water partition coefficient (Wildman–Crippen LogP) is 3.57. The Kier molecular flexibility index (Phi) is 3.96. The van der Waals surface area contributed by atoms with Crippen LogP contribution in [0.1, 0.15) is 11.3 Å². The van der Waals surface area contributed by atoms with Crippen LogP contribution in [0.15, 0.2) is 53.9 Å². The lowest BCUT2D eigenvalue weighted by Crippen LogP contribution is -2.35. The number of carbonyl (C=O) groups excluding carboxylic acids is 1. The molecule has 0 unspecified atom stereocenters. The second kappa shape index (κ2) is 6.45. The second-order valence-electron chi connectivity index (χ2n) is 5.64. The summed E-state index contributed by atoms with van der Waals surface area (Å²) in [4.78, 5) is 21.6. The molecule has 0 saturated heterocycles. The van der Waals surface area contributed by atoms with Gasteiger partial charge in [0.15, 0.2) is 17.3 Å². The number of carbonyl (C=O) groups is 1. The Morgan fingerprint density at radius 1 is 1.33 bits per heavy atom. The molecule has 27 heavy (non-hydrogen) atoms. The highest BCUT2D eigenvalue weighted by Crippen LogP contribution is 2.36. The molecule has 0 atom stereocenters. The fourth-order valence-electron chi connectivity index (χ4n) is 2.58. The summed E-state index contributed by atoms with van der Waals surface area (Å²) in [5, 5.41) is 0. The molecule has 9 heteroatoms. The van der Waals surface area contributed by atoms with Crippen LogP contribution in [0.3, 0.4) is 0 Å². The number of hydrogen-bond donors (Lipinski definition) is 1. The first-order valence-corrected chi connectivity index (χ1v) is 7.82. The molecular formula is C18H13FN4O4. The molecule has 1 aliphatic rings. The lowest BCUT2D eigenvalue weighted by molar-refractivity contribution is 0.165. The van der Waals surface area contributed by atoms with Crippen LogP contribution in [-0.2, 0) is 6.54 Å². The van der Waals surface area contributed by atoms with Gasteiger partial charge in [-0.1, -0.05) is 18.7 Å². The Morgan fingerprint density at radius 2 is 2.19 bits per heavy atom. The van der Waals surface area contributed by atoms with E-state index in [1.165, 1.54) is 41.8 Å². The maximum atomic E-state index is 14.2. The van der Waals surface area contributed by atoms with Crippen LogP contribution < -0.4 is 15.2 Å².